The second-order valence-corrected chi connectivity index (χ2v) is 4.82. The van der Waals surface area contributed by atoms with Gasteiger partial charge in [0.15, 0.2) is 0 Å². The summed E-state index contributed by atoms with van der Waals surface area (Å²) in [5.74, 6) is -0.0441. The fraction of sp³-hybridized carbons (Fsp3) is 0.200. The van der Waals surface area contributed by atoms with Gasteiger partial charge in [-0.1, -0.05) is 17.7 Å². The fourth-order valence-electron chi connectivity index (χ4n) is 2.42. The van der Waals surface area contributed by atoms with E-state index in [1.807, 2.05) is 37.3 Å². The molecule has 1 aromatic heterocycles. The van der Waals surface area contributed by atoms with E-state index >= 15 is 0 Å². The third kappa shape index (κ3) is 2.00. The molecule has 1 atom stereocenters. The summed E-state index contributed by atoms with van der Waals surface area (Å²) in [6.07, 6.45) is 3.46. The number of aromatic nitrogens is 1. The van der Waals surface area contributed by atoms with E-state index in [0.717, 1.165) is 22.4 Å². The highest BCUT2D eigenvalue weighted by Crippen LogP contribution is 2.35. The van der Waals surface area contributed by atoms with Crippen LogP contribution in [0.3, 0.4) is 0 Å². The van der Waals surface area contributed by atoms with Gasteiger partial charge in [0.05, 0.1) is 6.54 Å². The van der Waals surface area contributed by atoms with Gasteiger partial charge in [0.2, 0.25) is 5.91 Å². The van der Waals surface area contributed by atoms with E-state index in [-0.39, 0.29) is 5.91 Å². The van der Waals surface area contributed by atoms with Gasteiger partial charge in [-0.3, -0.25) is 9.78 Å². The Hall–Kier alpha value is -2.20. The molecule has 0 bridgehead atoms. The van der Waals surface area contributed by atoms with E-state index in [0.29, 0.717) is 6.54 Å². The summed E-state index contributed by atoms with van der Waals surface area (Å²) >= 11 is 0. The Balaban J connectivity index is 1.98. The van der Waals surface area contributed by atoms with Crippen molar-refractivity contribution in [2.45, 2.75) is 19.5 Å². The third-order valence-corrected chi connectivity index (χ3v) is 3.43. The minimum absolute atomic E-state index is 0.0441. The molecule has 0 aliphatic carbocycles. The number of rotatable bonds is 2. The van der Waals surface area contributed by atoms with E-state index in [1.54, 1.807) is 17.3 Å². The summed E-state index contributed by atoms with van der Waals surface area (Å²) in [6.45, 7) is 2.54. The number of aryl methyl sites for hydroxylation is 1. The maximum Gasteiger partial charge on any atom is 0.248 e. The maximum absolute atomic E-state index is 12.3. The van der Waals surface area contributed by atoms with Crippen molar-refractivity contribution in [3.63, 3.8) is 0 Å². The first-order valence-electron chi connectivity index (χ1n) is 6.23. The summed E-state index contributed by atoms with van der Waals surface area (Å²) < 4.78 is 0. The van der Waals surface area contributed by atoms with Crippen LogP contribution in [0.1, 0.15) is 22.7 Å². The quantitative estimate of drug-likeness (QED) is 0.889. The van der Waals surface area contributed by atoms with Crippen molar-refractivity contribution in [3.05, 3.63) is 59.4 Å². The van der Waals surface area contributed by atoms with Gasteiger partial charge in [0.25, 0.3) is 0 Å². The maximum atomic E-state index is 12.3. The van der Waals surface area contributed by atoms with Crippen molar-refractivity contribution < 1.29 is 4.79 Å². The number of carbonyl (C=O) groups is 1. The molecule has 0 spiro atoms. The lowest BCUT2D eigenvalue weighted by atomic mass is 10.1. The Morgan fingerprint density at radius 3 is 2.74 bits per heavy atom. The predicted octanol–water partition coefficient (Wildman–Crippen LogP) is 1.94. The van der Waals surface area contributed by atoms with Gasteiger partial charge >= 0.3 is 0 Å². The van der Waals surface area contributed by atoms with E-state index < -0.39 is 6.04 Å². The Bertz CT molecular complexity index is 625. The average molecular weight is 253 g/mol. The molecule has 1 aliphatic heterocycles. The van der Waals surface area contributed by atoms with Crippen molar-refractivity contribution in [1.29, 1.82) is 0 Å². The summed E-state index contributed by atoms with van der Waals surface area (Å²) in [4.78, 5) is 18.0. The van der Waals surface area contributed by atoms with Crippen molar-refractivity contribution >= 4 is 11.6 Å². The molecule has 1 amide bonds. The highest BCUT2D eigenvalue weighted by Gasteiger charge is 2.34. The van der Waals surface area contributed by atoms with Gasteiger partial charge in [0.1, 0.15) is 6.04 Å². The van der Waals surface area contributed by atoms with Crippen LogP contribution in [-0.4, -0.2) is 10.9 Å². The first-order valence-corrected chi connectivity index (χ1v) is 6.23. The number of anilines is 1. The van der Waals surface area contributed by atoms with Gasteiger partial charge in [-0.25, -0.2) is 0 Å². The molecule has 0 saturated heterocycles. The van der Waals surface area contributed by atoms with Crippen molar-refractivity contribution in [2.75, 3.05) is 4.90 Å². The summed E-state index contributed by atoms with van der Waals surface area (Å²) in [5.41, 5.74) is 10.00. The SMILES string of the molecule is Cc1ccc2c(c1)C(N)C(=O)N2Cc1ccncc1. The topological polar surface area (TPSA) is 59.2 Å². The molecule has 0 fully saturated rings. The average Bonchev–Trinajstić information content (AvgIpc) is 2.65. The van der Waals surface area contributed by atoms with Crippen LogP contribution in [0.4, 0.5) is 5.69 Å². The Morgan fingerprint density at radius 2 is 2.00 bits per heavy atom. The zero-order valence-corrected chi connectivity index (χ0v) is 10.7. The minimum atomic E-state index is -0.545. The van der Waals surface area contributed by atoms with Crippen LogP contribution < -0.4 is 10.6 Å². The van der Waals surface area contributed by atoms with Crippen LogP contribution in [0.5, 0.6) is 0 Å². The Labute approximate surface area is 111 Å². The van der Waals surface area contributed by atoms with Crippen LogP contribution in [0.15, 0.2) is 42.7 Å². The molecule has 19 heavy (non-hydrogen) atoms. The summed E-state index contributed by atoms with van der Waals surface area (Å²) in [7, 11) is 0. The van der Waals surface area contributed by atoms with Crippen molar-refractivity contribution in [1.82, 2.24) is 4.98 Å². The number of hydrogen-bond donors (Lipinski definition) is 1. The number of carbonyl (C=O) groups excluding carboxylic acids is 1. The number of nitrogens with two attached hydrogens (primary N) is 1. The molecule has 96 valence electrons. The lowest BCUT2D eigenvalue weighted by molar-refractivity contribution is -0.119. The second kappa shape index (κ2) is 4.48. The van der Waals surface area contributed by atoms with E-state index in [2.05, 4.69) is 4.98 Å². The lowest BCUT2D eigenvalue weighted by Crippen LogP contribution is -2.31. The largest absolute Gasteiger partial charge is 0.316 e. The van der Waals surface area contributed by atoms with Crippen LogP contribution in [0.2, 0.25) is 0 Å². The van der Waals surface area contributed by atoms with E-state index in [4.69, 9.17) is 5.73 Å². The van der Waals surface area contributed by atoms with E-state index in [9.17, 15) is 4.79 Å². The lowest BCUT2D eigenvalue weighted by Gasteiger charge is -2.17. The fourth-order valence-corrected chi connectivity index (χ4v) is 2.42. The molecule has 3 rings (SSSR count). The minimum Gasteiger partial charge on any atom is -0.316 e. The molecule has 0 radical (unpaired) electrons. The van der Waals surface area contributed by atoms with Crippen molar-refractivity contribution in [2.24, 2.45) is 5.73 Å². The first-order chi connectivity index (χ1) is 9.16. The predicted molar refractivity (Wildman–Crippen MR) is 73.5 cm³/mol. The second-order valence-electron chi connectivity index (χ2n) is 4.82. The van der Waals surface area contributed by atoms with Crippen LogP contribution >= 0.6 is 0 Å². The van der Waals surface area contributed by atoms with Gasteiger partial charge in [0, 0.05) is 23.6 Å². The zero-order chi connectivity index (χ0) is 13.4. The van der Waals surface area contributed by atoms with Gasteiger partial charge in [-0.05, 0) is 30.7 Å². The molecule has 4 heteroatoms. The summed E-state index contributed by atoms with van der Waals surface area (Å²) in [5, 5.41) is 0. The van der Waals surface area contributed by atoms with Crippen molar-refractivity contribution in [3.8, 4) is 0 Å². The zero-order valence-electron chi connectivity index (χ0n) is 10.7. The molecule has 1 aliphatic rings. The molecular weight excluding hydrogens is 238 g/mol. The molecule has 2 N–H and O–H groups in total. The molecule has 1 unspecified atom stereocenters. The normalized spacial score (nSPS) is 17.7. The van der Waals surface area contributed by atoms with Crippen LogP contribution in [0.25, 0.3) is 0 Å². The Kier molecular flexibility index (Phi) is 2.80. The third-order valence-electron chi connectivity index (χ3n) is 3.43. The van der Waals surface area contributed by atoms with Gasteiger partial charge in [-0.15, -0.1) is 0 Å². The molecule has 4 nitrogen and oxygen atoms in total. The highest BCUT2D eigenvalue weighted by atomic mass is 16.2. The molecule has 1 aromatic carbocycles. The number of pyridine rings is 1. The number of hydrogen-bond acceptors (Lipinski definition) is 3. The highest BCUT2D eigenvalue weighted by molar-refractivity contribution is 6.04. The molecule has 2 heterocycles. The number of benzene rings is 1. The molecular formula is C15H15N3O. The first kappa shape index (κ1) is 11.9. The Morgan fingerprint density at radius 1 is 1.26 bits per heavy atom. The monoisotopic (exact) mass is 253 g/mol. The van der Waals surface area contributed by atoms with Gasteiger partial charge in [-0.2, -0.15) is 0 Å². The number of nitrogens with zero attached hydrogens (tertiary/aromatic N) is 2. The number of fused-ring (bicyclic) bond motifs is 1. The standard InChI is InChI=1S/C15H15N3O/c1-10-2-3-13-12(8-10)14(16)15(19)18(13)9-11-4-6-17-7-5-11/h2-8,14H,9,16H2,1H3. The smallest absolute Gasteiger partial charge is 0.248 e. The van der Waals surface area contributed by atoms with Crippen LogP contribution in [0, 0.1) is 6.92 Å². The summed E-state index contributed by atoms with van der Waals surface area (Å²) in [6, 6.07) is 9.23. The van der Waals surface area contributed by atoms with E-state index in [1.165, 1.54) is 0 Å². The van der Waals surface area contributed by atoms with Crippen LogP contribution in [-0.2, 0) is 11.3 Å². The molecule has 2 aromatic rings. The number of amides is 1. The van der Waals surface area contributed by atoms with Gasteiger partial charge < -0.3 is 10.6 Å². The molecule has 0 saturated carbocycles.